The van der Waals surface area contributed by atoms with Gasteiger partial charge in [-0.3, -0.25) is 0 Å². The van der Waals surface area contributed by atoms with Gasteiger partial charge in [0.15, 0.2) is 5.82 Å². The van der Waals surface area contributed by atoms with Gasteiger partial charge in [0.25, 0.3) is 5.89 Å². The van der Waals surface area contributed by atoms with E-state index >= 15 is 0 Å². The van der Waals surface area contributed by atoms with E-state index in [1.54, 1.807) is 24.4 Å². The molecule has 0 aliphatic carbocycles. The number of nitrogens with zero attached hydrogens (tertiary/aromatic N) is 3. The number of aliphatic hydroxyl groups excluding tert-OH is 1. The lowest BCUT2D eigenvalue weighted by molar-refractivity contribution is 0.311. The molecule has 2 aromatic heterocycles. The lowest BCUT2D eigenvalue weighted by Crippen LogP contribution is -2.06. The number of rotatable bonds is 6. The van der Waals surface area contributed by atoms with E-state index in [9.17, 15) is 4.39 Å². The SMILES string of the molecule is OCCNc1ccc(-c2nc(Cc3ccc(F)cc3)no2)cn1. The average Bonchev–Trinajstić information content (AvgIpc) is 3.04. The first-order valence-electron chi connectivity index (χ1n) is 7.13. The van der Waals surface area contributed by atoms with E-state index in [0.717, 1.165) is 5.56 Å². The van der Waals surface area contributed by atoms with Gasteiger partial charge in [-0.05, 0) is 29.8 Å². The number of hydrogen-bond donors (Lipinski definition) is 2. The Morgan fingerprint density at radius 2 is 1.96 bits per heavy atom. The monoisotopic (exact) mass is 314 g/mol. The molecule has 3 rings (SSSR count). The number of anilines is 1. The number of aliphatic hydroxyl groups is 1. The van der Waals surface area contributed by atoms with E-state index in [2.05, 4.69) is 20.4 Å². The third kappa shape index (κ3) is 3.89. The highest BCUT2D eigenvalue weighted by atomic mass is 19.1. The maximum atomic E-state index is 12.9. The van der Waals surface area contributed by atoms with Crippen LogP contribution in [-0.4, -0.2) is 33.4 Å². The molecule has 118 valence electrons. The minimum Gasteiger partial charge on any atom is -0.395 e. The van der Waals surface area contributed by atoms with Crippen LogP contribution in [0, 0.1) is 5.82 Å². The Morgan fingerprint density at radius 1 is 1.13 bits per heavy atom. The van der Waals surface area contributed by atoms with Crippen LogP contribution < -0.4 is 5.32 Å². The maximum absolute atomic E-state index is 12.9. The summed E-state index contributed by atoms with van der Waals surface area (Å²) in [5.41, 5.74) is 1.61. The van der Waals surface area contributed by atoms with Crippen molar-refractivity contribution in [2.45, 2.75) is 6.42 Å². The van der Waals surface area contributed by atoms with Gasteiger partial charge in [-0.15, -0.1) is 0 Å². The molecule has 3 aromatic rings. The van der Waals surface area contributed by atoms with Crippen LogP contribution in [0.25, 0.3) is 11.5 Å². The van der Waals surface area contributed by atoms with E-state index in [1.807, 2.05) is 6.07 Å². The van der Waals surface area contributed by atoms with Crippen LogP contribution >= 0.6 is 0 Å². The predicted molar refractivity (Wildman–Crippen MR) is 82.3 cm³/mol. The molecule has 0 amide bonds. The fourth-order valence-electron chi connectivity index (χ4n) is 2.04. The Bertz CT molecular complexity index is 757. The molecule has 0 atom stereocenters. The van der Waals surface area contributed by atoms with E-state index in [1.165, 1.54) is 12.1 Å². The van der Waals surface area contributed by atoms with E-state index < -0.39 is 0 Å². The van der Waals surface area contributed by atoms with Crippen molar-refractivity contribution in [3.05, 3.63) is 59.8 Å². The fraction of sp³-hybridized carbons (Fsp3) is 0.188. The van der Waals surface area contributed by atoms with Gasteiger partial charge in [0.05, 0.1) is 12.2 Å². The summed E-state index contributed by atoms with van der Waals surface area (Å²) >= 11 is 0. The summed E-state index contributed by atoms with van der Waals surface area (Å²) < 4.78 is 18.1. The van der Waals surface area contributed by atoms with Gasteiger partial charge in [-0.2, -0.15) is 4.98 Å². The first-order valence-corrected chi connectivity index (χ1v) is 7.13. The van der Waals surface area contributed by atoms with Crippen molar-refractivity contribution in [1.29, 1.82) is 0 Å². The Balaban J connectivity index is 1.69. The quantitative estimate of drug-likeness (QED) is 0.726. The summed E-state index contributed by atoms with van der Waals surface area (Å²) in [4.78, 5) is 8.52. The van der Waals surface area contributed by atoms with Crippen molar-refractivity contribution in [1.82, 2.24) is 15.1 Å². The molecule has 1 aromatic carbocycles. The second-order valence-corrected chi connectivity index (χ2v) is 4.90. The zero-order valence-corrected chi connectivity index (χ0v) is 12.2. The number of hydrogen-bond acceptors (Lipinski definition) is 6. The van der Waals surface area contributed by atoms with E-state index in [0.29, 0.717) is 36.1 Å². The molecule has 0 saturated carbocycles. The van der Waals surface area contributed by atoms with Crippen molar-refractivity contribution in [3.63, 3.8) is 0 Å². The first kappa shape index (κ1) is 15.1. The number of benzene rings is 1. The summed E-state index contributed by atoms with van der Waals surface area (Å²) in [5, 5.41) is 15.6. The molecule has 6 nitrogen and oxygen atoms in total. The summed E-state index contributed by atoms with van der Waals surface area (Å²) in [6.45, 7) is 0.481. The minimum atomic E-state index is -0.275. The molecule has 23 heavy (non-hydrogen) atoms. The van der Waals surface area contributed by atoms with Crippen molar-refractivity contribution >= 4 is 5.82 Å². The normalized spacial score (nSPS) is 10.7. The summed E-state index contributed by atoms with van der Waals surface area (Å²) in [6, 6.07) is 9.76. The van der Waals surface area contributed by atoms with Gasteiger partial charge < -0.3 is 14.9 Å². The molecule has 0 aliphatic rings. The second-order valence-electron chi connectivity index (χ2n) is 4.90. The zero-order valence-electron chi connectivity index (χ0n) is 12.2. The van der Waals surface area contributed by atoms with Gasteiger partial charge in [0.2, 0.25) is 0 Å². The molecule has 0 unspecified atom stereocenters. The molecule has 0 saturated heterocycles. The summed E-state index contributed by atoms with van der Waals surface area (Å²) in [6.07, 6.45) is 2.09. The molecular weight excluding hydrogens is 299 g/mol. The molecule has 2 heterocycles. The van der Waals surface area contributed by atoms with E-state index in [-0.39, 0.29) is 12.4 Å². The van der Waals surface area contributed by atoms with Crippen LogP contribution in [-0.2, 0) is 6.42 Å². The number of aromatic nitrogens is 3. The van der Waals surface area contributed by atoms with Crippen molar-refractivity contribution in [2.75, 3.05) is 18.5 Å². The first-order chi connectivity index (χ1) is 11.2. The van der Waals surface area contributed by atoms with Crippen molar-refractivity contribution < 1.29 is 14.0 Å². The molecular formula is C16H15FN4O2. The number of halogens is 1. The highest BCUT2D eigenvalue weighted by Gasteiger charge is 2.10. The van der Waals surface area contributed by atoms with Crippen LogP contribution in [0.4, 0.5) is 10.2 Å². The van der Waals surface area contributed by atoms with Gasteiger partial charge >= 0.3 is 0 Å². The van der Waals surface area contributed by atoms with Gasteiger partial charge in [-0.1, -0.05) is 17.3 Å². The molecule has 0 aliphatic heterocycles. The second kappa shape index (κ2) is 6.97. The summed E-state index contributed by atoms with van der Waals surface area (Å²) in [7, 11) is 0. The number of nitrogens with one attached hydrogen (secondary N) is 1. The van der Waals surface area contributed by atoms with Crippen molar-refractivity contribution in [2.24, 2.45) is 0 Å². The van der Waals surface area contributed by atoms with Crippen molar-refractivity contribution in [3.8, 4) is 11.5 Å². The Hall–Kier alpha value is -2.80. The number of pyridine rings is 1. The molecule has 0 radical (unpaired) electrons. The molecule has 0 fully saturated rings. The van der Waals surface area contributed by atoms with Gasteiger partial charge in [0, 0.05) is 19.2 Å². The summed E-state index contributed by atoms with van der Waals surface area (Å²) in [5.74, 6) is 1.29. The smallest absolute Gasteiger partial charge is 0.259 e. The standard InChI is InChI=1S/C16H15FN4O2/c17-13-4-1-11(2-5-13)9-15-20-16(23-21-15)12-3-6-14(19-10-12)18-7-8-22/h1-6,10,22H,7-9H2,(H,18,19). The topological polar surface area (TPSA) is 84.1 Å². The van der Waals surface area contributed by atoms with Crippen LogP contribution in [0.1, 0.15) is 11.4 Å². The Kier molecular flexibility index (Phi) is 4.58. The minimum absolute atomic E-state index is 0.0415. The highest BCUT2D eigenvalue weighted by Crippen LogP contribution is 2.18. The van der Waals surface area contributed by atoms with Crippen LogP contribution in [0.15, 0.2) is 47.1 Å². The average molecular weight is 314 g/mol. The maximum Gasteiger partial charge on any atom is 0.259 e. The van der Waals surface area contributed by atoms with Crippen LogP contribution in [0.3, 0.4) is 0 Å². The van der Waals surface area contributed by atoms with Gasteiger partial charge in [0.1, 0.15) is 11.6 Å². The highest BCUT2D eigenvalue weighted by molar-refractivity contribution is 5.54. The lowest BCUT2D eigenvalue weighted by atomic mass is 10.1. The molecule has 7 heteroatoms. The molecule has 0 bridgehead atoms. The molecule has 2 N–H and O–H groups in total. The third-order valence-corrected chi connectivity index (χ3v) is 3.17. The van der Waals surface area contributed by atoms with E-state index in [4.69, 9.17) is 9.63 Å². The van der Waals surface area contributed by atoms with Gasteiger partial charge in [-0.25, -0.2) is 9.37 Å². The lowest BCUT2D eigenvalue weighted by Gasteiger charge is -2.02. The largest absolute Gasteiger partial charge is 0.395 e. The Labute approximate surface area is 132 Å². The Morgan fingerprint density at radius 3 is 2.65 bits per heavy atom. The van der Waals surface area contributed by atoms with Crippen LogP contribution in [0.2, 0.25) is 0 Å². The van der Waals surface area contributed by atoms with Crippen LogP contribution in [0.5, 0.6) is 0 Å². The fourth-order valence-corrected chi connectivity index (χ4v) is 2.04. The predicted octanol–water partition coefficient (Wildman–Crippen LogP) is 2.27. The molecule has 0 spiro atoms. The third-order valence-electron chi connectivity index (χ3n) is 3.17. The zero-order chi connectivity index (χ0) is 16.1.